The van der Waals surface area contributed by atoms with Gasteiger partial charge >= 0.3 is 0 Å². The lowest BCUT2D eigenvalue weighted by molar-refractivity contribution is 0.174. The van der Waals surface area contributed by atoms with Crippen LogP contribution >= 0.6 is 0 Å². The van der Waals surface area contributed by atoms with Crippen molar-refractivity contribution in [3.63, 3.8) is 0 Å². The first-order chi connectivity index (χ1) is 11.3. The Hall–Kier alpha value is -1.96. The number of rotatable bonds is 0. The van der Waals surface area contributed by atoms with E-state index in [1.165, 1.54) is 11.1 Å². The predicted molar refractivity (Wildman–Crippen MR) is 103 cm³/mol. The second kappa shape index (κ2) is 16.4. The van der Waals surface area contributed by atoms with Crippen molar-refractivity contribution >= 4 is 0 Å². The zero-order valence-corrected chi connectivity index (χ0v) is 16.1. The number of hydrogen-bond acceptors (Lipinski definition) is 2. The fourth-order valence-corrected chi connectivity index (χ4v) is 1.54. The van der Waals surface area contributed by atoms with Crippen LogP contribution in [0, 0.1) is 13.8 Å². The summed E-state index contributed by atoms with van der Waals surface area (Å²) in [6, 6.07) is 16.2. The van der Waals surface area contributed by atoms with Crippen LogP contribution < -0.4 is 9.47 Å². The van der Waals surface area contributed by atoms with Crippen molar-refractivity contribution in [1.29, 1.82) is 0 Å². The Bertz CT molecular complexity index is 478. The van der Waals surface area contributed by atoms with E-state index in [0.717, 1.165) is 11.5 Å². The Kier molecular flexibility index (Phi) is 16.6. The Labute approximate surface area is 143 Å². The highest BCUT2D eigenvalue weighted by Crippen LogP contribution is 2.31. The lowest BCUT2D eigenvalue weighted by Gasteiger charge is -1.94. The summed E-state index contributed by atoms with van der Waals surface area (Å²) in [5.41, 5.74) is 2.52. The lowest BCUT2D eigenvalue weighted by atomic mass is 10.2. The first-order valence-electron chi connectivity index (χ1n) is 8.63. The van der Waals surface area contributed by atoms with E-state index in [4.69, 9.17) is 9.47 Å². The topological polar surface area (TPSA) is 18.5 Å². The minimum atomic E-state index is 0.360. The molecule has 0 amide bonds. The van der Waals surface area contributed by atoms with Gasteiger partial charge in [0.1, 0.15) is 0 Å². The van der Waals surface area contributed by atoms with Crippen molar-refractivity contribution in [2.45, 2.75) is 55.4 Å². The molecule has 1 aliphatic rings. The molecule has 0 bridgehead atoms. The fraction of sp³-hybridized carbons (Fsp3) is 0.429. The first kappa shape index (κ1) is 23.3. The van der Waals surface area contributed by atoms with E-state index in [9.17, 15) is 0 Å². The van der Waals surface area contributed by atoms with Crippen LogP contribution in [0.5, 0.6) is 11.5 Å². The van der Waals surface area contributed by atoms with E-state index < -0.39 is 0 Å². The highest BCUT2D eigenvalue weighted by Gasteiger charge is 2.11. The van der Waals surface area contributed by atoms with Crippen LogP contribution in [0.25, 0.3) is 0 Å². The largest absolute Gasteiger partial charge is 0.454 e. The molecule has 0 unspecified atom stereocenters. The van der Waals surface area contributed by atoms with Crippen LogP contribution in [0.3, 0.4) is 0 Å². The molecule has 0 aromatic heterocycles. The Morgan fingerprint density at radius 1 is 0.609 bits per heavy atom. The molecule has 2 aromatic carbocycles. The zero-order chi connectivity index (χ0) is 18.1. The van der Waals surface area contributed by atoms with E-state index in [1.807, 2.05) is 84.9 Å². The van der Waals surface area contributed by atoms with Crippen LogP contribution in [0.1, 0.15) is 52.7 Å². The van der Waals surface area contributed by atoms with E-state index in [-0.39, 0.29) is 0 Å². The van der Waals surface area contributed by atoms with E-state index in [2.05, 4.69) is 19.1 Å². The standard InChI is InChI=1S/C8H8O2.C7H8.3C2H6/c1-6-2-3-7-8(4-6)10-5-9-7;1-7-5-3-2-4-6-7;3*1-2/h2-4H,5H2,1H3;2-6H,1H3;3*1-2H3. The monoisotopic (exact) mass is 318 g/mol. The molecule has 2 heteroatoms. The van der Waals surface area contributed by atoms with Crippen LogP contribution in [-0.4, -0.2) is 6.79 Å². The molecular weight excluding hydrogens is 284 g/mol. The molecule has 1 aliphatic heterocycles. The summed E-state index contributed by atoms with van der Waals surface area (Å²) in [6.07, 6.45) is 0. The first-order valence-corrected chi connectivity index (χ1v) is 8.63. The second-order valence-electron chi connectivity index (χ2n) is 4.01. The molecule has 130 valence electrons. The Morgan fingerprint density at radius 3 is 1.61 bits per heavy atom. The lowest BCUT2D eigenvalue weighted by Crippen LogP contribution is -1.92. The summed E-state index contributed by atoms with van der Waals surface area (Å²) in [5.74, 6) is 1.71. The molecule has 0 N–H and O–H groups in total. The third-order valence-electron chi connectivity index (χ3n) is 2.47. The third kappa shape index (κ3) is 10.4. The van der Waals surface area contributed by atoms with Crippen LogP contribution in [0.4, 0.5) is 0 Å². The van der Waals surface area contributed by atoms with E-state index >= 15 is 0 Å². The minimum Gasteiger partial charge on any atom is -0.454 e. The summed E-state index contributed by atoms with van der Waals surface area (Å²) < 4.78 is 10.3. The number of hydrogen-bond donors (Lipinski definition) is 0. The van der Waals surface area contributed by atoms with Gasteiger partial charge in [-0.1, -0.05) is 83.5 Å². The molecule has 1 heterocycles. The number of aryl methyl sites for hydroxylation is 2. The van der Waals surface area contributed by atoms with Crippen LogP contribution in [0.2, 0.25) is 0 Å². The summed E-state index contributed by atoms with van der Waals surface area (Å²) >= 11 is 0. The highest BCUT2D eigenvalue weighted by molar-refractivity contribution is 5.43. The van der Waals surface area contributed by atoms with Crippen LogP contribution in [-0.2, 0) is 0 Å². The molecular formula is C21H34O2. The van der Waals surface area contributed by atoms with Crippen molar-refractivity contribution in [2.75, 3.05) is 6.79 Å². The highest BCUT2D eigenvalue weighted by atomic mass is 16.7. The van der Waals surface area contributed by atoms with Gasteiger partial charge in [-0.25, -0.2) is 0 Å². The van der Waals surface area contributed by atoms with E-state index in [1.54, 1.807) is 0 Å². The summed E-state index contributed by atoms with van der Waals surface area (Å²) in [4.78, 5) is 0. The molecule has 2 aromatic rings. The van der Waals surface area contributed by atoms with Gasteiger partial charge in [0.25, 0.3) is 0 Å². The zero-order valence-electron chi connectivity index (χ0n) is 16.1. The summed E-state index contributed by atoms with van der Waals surface area (Å²) in [7, 11) is 0. The minimum absolute atomic E-state index is 0.360. The molecule has 0 aliphatic carbocycles. The van der Waals surface area contributed by atoms with Crippen molar-refractivity contribution in [3.05, 3.63) is 59.7 Å². The van der Waals surface area contributed by atoms with Gasteiger partial charge in [-0.05, 0) is 31.5 Å². The number of fused-ring (bicyclic) bond motifs is 1. The molecule has 23 heavy (non-hydrogen) atoms. The third-order valence-corrected chi connectivity index (χ3v) is 2.47. The molecule has 2 nitrogen and oxygen atoms in total. The fourth-order valence-electron chi connectivity index (χ4n) is 1.54. The SMILES string of the molecule is CC.CC.CC.Cc1ccc2c(c1)OCO2.Cc1ccccc1. The summed E-state index contributed by atoms with van der Waals surface area (Å²) in [5, 5.41) is 0. The molecule has 0 saturated heterocycles. The average Bonchev–Trinajstić information content (AvgIpc) is 3.09. The second-order valence-corrected chi connectivity index (χ2v) is 4.01. The van der Waals surface area contributed by atoms with Gasteiger partial charge in [-0.15, -0.1) is 0 Å². The molecule has 0 saturated carbocycles. The average molecular weight is 319 g/mol. The summed E-state index contributed by atoms with van der Waals surface area (Å²) in [6.45, 7) is 16.5. The van der Waals surface area contributed by atoms with Gasteiger partial charge in [0, 0.05) is 0 Å². The number of ether oxygens (including phenoxy) is 2. The van der Waals surface area contributed by atoms with E-state index in [0.29, 0.717) is 6.79 Å². The van der Waals surface area contributed by atoms with Gasteiger partial charge in [0.15, 0.2) is 11.5 Å². The maximum Gasteiger partial charge on any atom is 0.231 e. The maximum absolute atomic E-state index is 5.16. The van der Waals surface area contributed by atoms with Crippen molar-refractivity contribution in [1.82, 2.24) is 0 Å². The number of benzene rings is 2. The van der Waals surface area contributed by atoms with Crippen molar-refractivity contribution in [3.8, 4) is 11.5 Å². The Morgan fingerprint density at radius 2 is 1.13 bits per heavy atom. The van der Waals surface area contributed by atoms with Gasteiger partial charge in [-0.2, -0.15) is 0 Å². The quantitative estimate of drug-likeness (QED) is 0.532. The predicted octanol–water partition coefficient (Wildman–Crippen LogP) is 6.80. The normalized spacial score (nSPS) is 9.39. The molecule has 0 fully saturated rings. The van der Waals surface area contributed by atoms with Crippen LogP contribution in [0.15, 0.2) is 48.5 Å². The molecule has 3 rings (SSSR count). The molecule has 0 spiro atoms. The van der Waals surface area contributed by atoms with Gasteiger partial charge < -0.3 is 9.47 Å². The van der Waals surface area contributed by atoms with Gasteiger partial charge in [0.2, 0.25) is 6.79 Å². The van der Waals surface area contributed by atoms with Gasteiger partial charge in [0.05, 0.1) is 0 Å². The Balaban J connectivity index is 0. The van der Waals surface area contributed by atoms with Gasteiger partial charge in [-0.3, -0.25) is 0 Å². The maximum atomic E-state index is 5.16. The molecule has 0 atom stereocenters. The van der Waals surface area contributed by atoms with Crippen molar-refractivity contribution in [2.24, 2.45) is 0 Å². The smallest absolute Gasteiger partial charge is 0.231 e. The van der Waals surface area contributed by atoms with Crippen molar-refractivity contribution < 1.29 is 9.47 Å². The molecule has 0 radical (unpaired) electrons.